The van der Waals surface area contributed by atoms with Gasteiger partial charge >= 0.3 is 6.18 Å². The van der Waals surface area contributed by atoms with Crippen LogP contribution in [0.4, 0.5) is 13.2 Å². The zero-order valence-corrected chi connectivity index (χ0v) is 12.0. The summed E-state index contributed by atoms with van der Waals surface area (Å²) in [6.07, 6.45) is -1.38. The number of hydrogen-bond donors (Lipinski definition) is 1. The maximum atomic E-state index is 12.5. The zero-order chi connectivity index (χ0) is 13.9. The molecule has 1 nitrogen and oxygen atoms in total. The predicted octanol–water partition coefficient (Wildman–Crippen LogP) is 4.65. The largest absolute Gasteiger partial charge is 0.391 e. The van der Waals surface area contributed by atoms with E-state index in [9.17, 15) is 13.2 Å². The fourth-order valence-electron chi connectivity index (χ4n) is 2.51. The monoisotopic (exact) mass is 311 g/mol. The average molecular weight is 312 g/mol. The summed E-state index contributed by atoms with van der Waals surface area (Å²) in [5.74, 6) is -1.10. The van der Waals surface area contributed by atoms with Crippen LogP contribution in [0.5, 0.6) is 0 Å². The van der Waals surface area contributed by atoms with Gasteiger partial charge in [0.1, 0.15) is 0 Å². The molecule has 0 unspecified atom stereocenters. The summed E-state index contributed by atoms with van der Waals surface area (Å²) in [6.45, 7) is 0.804. The molecule has 2 rings (SSSR count). The minimum atomic E-state index is -4.02. The molecular weight excluding hydrogens is 295 g/mol. The Morgan fingerprint density at radius 1 is 1.21 bits per heavy atom. The van der Waals surface area contributed by atoms with Crippen molar-refractivity contribution < 1.29 is 13.2 Å². The van der Waals surface area contributed by atoms with E-state index in [1.165, 1.54) is 4.88 Å². The highest BCUT2D eigenvalue weighted by molar-refractivity contribution is 7.16. The Kier molecular flexibility index (Phi) is 5.15. The molecule has 0 aromatic carbocycles. The SMILES string of the molecule is FC(F)(F)C1CCC(NCCc2ccc(Cl)s2)CC1. The highest BCUT2D eigenvalue weighted by atomic mass is 35.5. The smallest absolute Gasteiger partial charge is 0.314 e. The van der Waals surface area contributed by atoms with Gasteiger partial charge in [0.25, 0.3) is 0 Å². The summed E-state index contributed by atoms with van der Waals surface area (Å²) in [4.78, 5) is 1.21. The van der Waals surface area contributed by atoms with Crippen LogP contribution >= 0.6 is 22.9 Å². The Morgan fingerprint density at radius 3 is 2.42 bits per heavy atom. The Hall–Kier alpha value is -0.260. The first kappa shape index (κ1) is 15.1. The van der Waals surface area contributed by atoms with Crippen molar-refractivity contribution in [3.63, 3.8) is 0 Å². The lowest BCUT2D eigenvalue weighted by molar-refractivity contribution is -0.182. The van der Waals surface area contributed by atoms with Gasteiger partial charge in [0.15, 0.2) is 0 Å². The van der Waals surface area contributed by atoms with Crippen molar-refractivity contribution in [2.24, 2.45) is 5.92 Å². The maximum absolute atomic E-state index is 12.5. The summed E-state index contributed by atoms with van der Waals surface area (Å²) in [5.41, 5.74) is 0. The van der Waals surface area contributed by atoms with Crippen LogP contribution in [0.15, 0.2) is 12.1 Å². The number of alkyl halides is 3. The van der Waals surface area contributed by atoms with Crippen molar-refractivity contribution in [1.29, 1.82) is 0 Å². The molecule has 0 aliphatic heterocycles. The Labute approximate surface area is 120 Å². The number of thiophene rings is 1. The molecule has 1 N–H and O–H groups in total. The molecule has 1 aromatic heterocycles. The summed E-state index contributed by atoms with van der Waals surface area (Å²) < 4.78 is 38.3. The van der Waals surface area contributed by atoms with E-state index >= 15 is 0 Å². The molecule has 6 heteroatoms. The van der Waals surface area contributed by atoms with Crippen LogP contribution in [0, 0.1) is 5.92 Å². The van der Waals surface area contributed by atoms with Crippen molar-refractivity contribution in [3.8, 4) is 0 Å². The molecule has 0 atom stereocenters. The van der Waals surface area contributed by atoms with Crippen LogP contribution < -0.4 is 5.32 Å². The third-order valence-corrected chi connectivity index (χ3v) is 4.91. The molecule has 108 valence electrons. The van der Waals surface area contributed by atoms with Gasteiger partial charge in [-0.25, -0.2) is 0 Å². The van der Waals surface area contributed by atoms with Crippen LogP contribution in [0.1, 0.15) is 30.6 Å². The quantitative estimate of drug-likeness (QED) is 0.853. The normalized spacial score (nSPS) is 24.6. The lowest BCUT2D eigenvalue weighted by Crippen LogP contribution is -2.37. The third-order valence-electron chi connectivity index (χ3n) is 3.62. The van der Waals surface area contributed by atoms with Gasteiger partial charge in [-0.15, -0.1) is 11.3 Å². The second-order valence-electron chi connectivity index (χ2n) is 5.00. The molecule has 0 spiro atoms. The minimum Gasteiger partial charge on any atom is -0.314 e. The molecule has 1 heterocycles. The topological polar surface area (TPSA) is 12.0 Å². The molecule has 1 fully saturated rings. The van der Waals surface area contributed by atoms with E-state index in [4.69, 9.17) is 11.6 Å². The van der Waals surface area contributed by atoms with Crippen molar-refractivity contribution in [2.75, 3.05) is 6.54 Å². The fraction of sp³-hybridized carbons (Fsp3) is 0.692. The first-order chi connectivity index (χ1) is 8.95. The molecule has 0 amide bonds. The maximum Gasteiger partial charge on any atom is 0.391 e. The second-order valence-corrected chi connectivity index (χ2v) is 6.80. The number of nitrogens with one attached hydrogen (secondary N) is 1. The molecule has 1 aromatic rings. The predicted molar refractivity (Wildman–Crippen MR) is 72.8 cm³/mol. The molecule has 1 saturated carbocycles. The molecule has 1 aliphatic carbocycles. The molecule has 19 heavy (non-hydrogen) atoms. The van der Waals surface area contributed by atoms with E-state index in [0.29, 0.717) is 12.8 Å². The van der Waals surface area contributed by atoms with Crippen molar-refractivity contribution >= 4 is 22.9 Å². The highest BCUT2D eigenvalue weighted by Gasteiger charge is 2.41. The number of hydrogen-bond acceptors (Lipinski definition) is 2. The number of rotatable bonds is 4. The molecular formula is C13H17ClF3NS. The van der Waals surface area contributed by atoms with Crippen LogP contribution in [-0.4, -0.2) is 18.8 Å². The third kappa shape index (κ3) is 4.65. The fourth-order valence-corrected chi connectivity index (χ4v) is 3.60. The van der Waals surface area contributed by atoms with Gasteiger partial charge in [-0.3, -0.25) is 0 Å². The first-order valence-electron chi connectivity index (χ1n) is 6.49. The van der Waals surface area contributed by atoms with E-state index in [1.54, 1.807) is 11.3 Å². The van der Waals surface area contributed by atoms with Gasteiger partial charge in [0.2, 0.25) is 0 Å². The van der Waals surface area contributed by atoms with E-state index in [-0.39, 0.29) is 18.9 Å². The summed E-state index contributed by atoms with van der Waals surface area (Å²) >= 11 is 7.39. The molecule has 1 aliphatic rings. The van der Waals surface area contributed by atoms with Crippen LogP contribution in [0.25, 0.3) is 0 Å². The van der Waals surface area contributed by atoms with Crippen LogP contribution in [0.2, 0.25) is 4.34 Å². The molecule has 0 bridgehead atoms. The van der Waals surface area contributed by atoms with Crippen LogP contribution in [-0.2, 0) is 6.42 Å². The van der Waals surface area contributed by atoms with Gasteiger partial charge in [-0.2, -0.15) is 13.2 Å². The minimum absolute atomic E-state index is 0.231. The van der Waals surface area contributed by atoms with Gasteiger partial charge in [0.05, 0.1) is 10.3 Å². The summed E-state index contributed by atoms with van der Waals surface area (Å²) in [7, 11) is 0. The summed E-state index contributed by atoms with van der Waals surface area (Å²) in [5, 5.41) is 3.35. The Balaban J connectivity index is 1.66. The van der Waals surface area contributed by atoms with E-state index < -0.39 is 12.1 Å². The lowest BCUT2D eigenvalue weighted by Gasteiger charge is -2.30. The first-order valence-corrected chi connectivity index (χ1v) is 7.69. The standard InChI is InChI=1S/C13H17ClF3NS/c14-12-6-5-11(19-12)7-8-18-10-3-1-9(2-4-10)13(15,16)17/h5-6,9-10,18H,1-4,7-8H2. The zero-order valence-electron chi connectivity index (χ0n) is 10.5. The Morgan fingerprint density at radius 2 is 1.89 bits per heavy atom. The number of halogens is 4. The van der Waals surface area contributed by atoms with Crippen molar-refractivity contribution in [2.45, 2.75) is 44.3 Å². The van der Waals surface area contributed by atoms with Gasteiger partial charge in [-0.05, 0) is 44.2 Å². The van der Waals surface area contributed by atoms with Gasteiger partial charge in [-0.1, -0.05) is 11.6 Å². The van der Waals surface area contributed by atoms with E-state index in [1.807, 2.05) is 12.1 Å². The van der Waals surface area contributed by atoms with Gasteiger partial charge < -0.3 is 5.32 Å². The lowest BCUT2D eigenvalue weighted by atomic mass is 9.85. The van der Waals surface area contributed by atoms with Gasteiger partial charge in [0, 0.05) is 17.5 Å². The second kappa shape index (κ2) is 6.46. The molecule has 0 radical (unpaired) electrons. The summed E-state index contributed by atoms with van der Waals surface area (Å²) in [6, 6.07) is 4.10. The van der Waals surface area contributed by atoms with E-state index in [2.05, 4.69) is 5.32 Å². The molecule has 0 saturated heterocycles. The average Bonchev–Trinajstić information content (AvgIpc) is 2.75. The Bertz CT molecular complexity index is 397. The van der Waals surface area contributed by atoms with Crippen LogP contribution in [0.3, 0.4) is 0 Å². The van der Waals surface area contributed by atoms with Crippen molar-refractivity contribution in [1.82, 2.24) is 5.32 Å². The van der Waals surface area contributed by atoms with Crippen molar-refractivity contribution in [3.05, 3.63) is 21.3 Å². The highest BCUT2D eigenvalue weighted by Crippen LogP contribution is 2.37. The van der Waals surface area contributed by atoms with E-state index in [0.717, 1.165) is 17.3 Å².